The lowest BCUT2D eigenvalue weighted by Crippen LogP contribution is -2.03. The average molecular weight is 786 g/mol. The third-order valence-electron chi connectivity index (χ3n) is 12.0. The van der Waals surface area contributed by atoms with Gasteiger partial charge in [0.05, 0.1) is 32.5 Å². The van der Waals surface area contributed by atoms with E-state index in [9.17, 15) is 0 Å². The van der Waals surface area contributed by atoms with Gasteiger partial charge in [-0.25, -0.2) is 15.0 Å². The number of hydrogen-bond acceptors (Lipinski definition) is 4. The maximum Gasteiger partial charge on any atom is 0.235 e. The van der Waals surface area contributed by atoms with Gasteiger partial charge in [0, 0.05) is 61.0 Å². The lowest BCUT2D eigenvalue weighted by Gasteiger charge is -2.12. The van der Waals surface area contributed by atoms with Crippen molar-refractivity contribution >= 4 is 92.1 Å². The normalized spacial score (nSPS) is 12.1. The van der Waals surface area contributed by atoms with Crippen LogP contribution >= 0.6 is 11.3 Å². The van der Waals surface area contributed by atoms with Gasteiger partial charge < -0.3 is 4.57 Å². The number of para-hydroxylation sites is 2. The molecule has 5 aromatic heterocycles. The molecule has 7 aromatic carbocycles. The van der Waals surface area contributed by atoms with Crippen molar-refractivity contribution < 1.29 is 0 Å². The fourth-order valence-electron chi connectivity index (χ4n) is 9.34. The Balaban J connectivity index is 1.19. The molecule has 6 heteroatoms. The number of pyridine rings is 1. The molecule has 0 atom stereocenters. The van der Waals surface area contributed by atoms with E-state index in [1.165, 1.54) is 48.4 Å². The Morgan fingerprint density at radius 1 is 0.567 bits per heavy atom. The number of aromatic nitrogens is 5. The third-order valence-corrected chi connectivity index (χ3v) is 13.1. The van der Waals surface area contributed by atoms with Gasteiger partial charge in [0.25, 0.3) is 0 Å². The highest BCUT2D eigenvalue weighted by atomic mass is 32.1. The van der Waals surface area contributed by atoms with E-state index in [4.69, 9.17) is 15.0 Å². The summed E-state index contributed by atoms with van der Waals surface area (Å²) >= 11 is 1.74. The summed E-state index contributed by atoms with van der Waals surface area (Å²) in [5, 5.41) is 9.31. The predicted octanol–water partition coefficient (Wildman–Crippen LogP) is 14.4. The van der Waals surface area contributed by atoms with Gasteiger partial charge in [-0.3, -0.25) is 4.57 Å². The Morgan fingerprint density at radius 3 is 1.98 bits per heavy atom. The Hall–Kier alpha value is -7.67. The molecule has 0 unspecified atom stereocenters. The minimum atomic E-state index is 0.639. The smallest absolute Gasteiger partial charge is 0.235 e. The van der Waals surface area contributed by atoms with Crippen LogP contribution in [0.3, 0.4) is 0 Å². The number of rotatable bonds is 6. The Bertz CT molecular complexity index is 3740. The molecular weight excluding hydrogens is 751 g/mol. The van der Waals surface area contributed by atoms with E-state index < -0.39 is 0 Å². The van der Waals surface area contributed by atoms with Crippen molar-refractivity contribution in [2.45, 2.75) is 6.92 Å². The first-order chi connectivity index (χ1) is 29.7. The summed E-state index contributed by atoms with van der Waals surface area (Å²) in [6.07, 6.45) is 7.94. The zero-order valence-corrected chi connectivity index (χ0v) is 33.5. The number of thiophene rings is 1. The highest BCUT2D eigenvalue weighted by molar-refractivity contribution is 7.26. The molecule has 0 N–H and O–H groups in total. The van der Waals surface area contributed by atoms with Gasteiger partial charge in [-0.2, -0.15) is 0 Å². The number of hydrogen-bond donors (Lipinski definition) is 0. The minimum absolute atomic E-state index is 0.639. The van der Waals surface area contributed by atoms with Gasteiger partial charge >= 0.3 is 0 Å². The maximum absolute atomic E-state index is 5.46. The molecule has 0 aliphatic rings. The fourth-order valence-corrected chi connectivity index (χ4v) is 10.5. The summed E-state index contributed by atoms with van der Waals surface area (Å²) in [5.41, 5.74) is 12.0. The molecule has 0 radical (unpaired) electrons. The average Bonchev–Trinajstić information content (AvgIpc) is 3.95. The summed E-state index contributed by atoms with van der Waals surface area (Å²) in [6, 6.07) is 56.2. The van der Waals surface area contributed by atoms with E-state index in [-0.39, 0.29) is 0 Å². The highest BCUT2D eigenvalue weighted by Gasteiger charge is 2.25. The van der Waals surface area contributed by atoms with Crippen LogP contribution < -0.4 is 0 Å². The molecule has 12 rings (SSSR count). The van der Waals surface area contributed by atoms with Crippen LogP contribution in [0.2, 0.25) is 0 Å². The largest absolute Gasteiger partial charge is 0.313 e. The molecule has 5 nitrogen and oxygen atoms in total. The Labute approximate surface area is 349 Å². The molecule has 0 amide bonds. The van der Waals surface area contributed by atoms with Gasteiger partial charge in [0.15, 0.2) is 0 Å². The molecule has 0 fully saturated rings. The van der Waals surface area contributed by atoms with Crippen molar-refractivity contribution in [1.29, 1.82) is 0 Å². The summed E-state index contributed by atoms with van der Waals surface area (Å²) in [6.45, 7) is 6.17. The molecule has 0 aliphatic heterocycles. The number of allylic oxidation sites excluding steroid dienone is 2. The van der Waals surface area contributed by atoms with Crippen molar-refractivity contribution in [2.75, 3.05) is 0 Å². The Morgan fingerprint density at radius 2 is 1.22 bits per heavy atom. The van der Waals surface area contributed by atoms with Gasteiger partial charge in [-0.1, -0.05) is 128 Å². The van der Waals surface area contributed by atoms with Crippen LogP contribution in [0, 0.1) is 6.92 Å². The van der Waals surface area contributed by atoms with Gasteiger partial charge in [0.1, 0.15) is 4.83 Å². The van der Waals surface area contributed by atoms with E-state index >= 15 is 0 Å². The van der Waals surface area contributed by atoms with Crippen molar-refractivity contribution in [1.82, 2.24) is 24.1 Å². The second kappa shape index (κ2) is 13.4. The fraction of sp³-hybridized carbons (Fsp3) is 0.0185. The van der Waals surface area contributed by atoms with Crippen LogP contribution in [-0.4, -0.2) is 24.1 Å². The first-order valence-corrected chi connectivity index (χ1v) is 21.0. The van der Waals surface area contributed by atoms with Crippen LogP contribution in [0.25, 0.3) is 115 Å². The summed E-state index contributed by atoms with van der Waals surface area (Å²) in [5.74, 6) is 0.639. The third kappa shape index (κ3) is 5.08. The van der Waals surface area contributed by atoms with Crippen LogP contribution in [0.1, 0.15) is 11.3 Å². The number of nitrogens with zero attached hydrogens (tertiary/aromatic N) is 5. The van der Waals surface area contributed by atoms with Crippen LogP contribution in [-0.2, 0) is 0 Å². The molecule has 12 aromatic rings. The molecular formula is C54H35N5S. The zero-order chi connectivity index (χ0) is 39.9. The summed E-state index contributed by atoms with van der Waals surface area (Å²) in [4.78, 5) is 16.7. The van der Waals surface area contributed by atoms with Crippen molar-refractivity contribution in [3.8, 4) is 34.0 Å². The van der Waals surface area contributed by atoms with Crippen LogP contribution in [0.4, 0.5) is 0 Å². The zero-order valence-electron chi connectivity index (χ0n) is 32.7. The predicted molar refractivity (Wildman–Crippen MR) is 254 cm³/mol. The van der Waals surface area contributed by atoms with Crippen LogP contribution in [0.5, 0.6) is 0 Å². The quantitative estimate of drug-likeness (QED) is 0.158. The standard InChI is InChI=1S/C54H35N5S/c1-3-4-20-38-33(2)58(37-18-9-6-10-19-37)46-28-26-35(31-43(38)46)36-27-29-47-44(32-36)48-39-21-11-12-22-40(39)49-42-24-15-30-55-53(42)60-52(49)51(48)59(47)54-56-45-25-14-13-23-41(45)50(57-54)34-16-7-5-8-17-34/h3-32H,1H2,2H3/b20-4-. The molecule has 0 spiro atoms. The molecule has 0 saturated heterocycles. The molecule has 0 saturated carbocycles. The molecule has 60 heavy (non-hydrogen) atoms. The molecule has 0 aliphatic carbocycles. The molecule has 282 valence electrons. The first kappa shape index (κ1) is 34.4. The van der Waals surface area contributed by atoms with E-state index in [2.05, 4.69) is 174 Å². The minimum Gasteiger partial charge on any atom is -0.313 e. The lowest BCUT2D eigenvalue weighted by atomic mass is 9.97. The highest BCUT2D eigenvalue weighted by Crippen LogP contribution is 2.48. The summed E-state index contributed by atoms with van der Waals surface area (Å²) in [7, 11) is 0. The number of benzene rings is 7. The van der Waals surface area contributed by atoms with Crippen molar-refractivity contribution in [3.63, 3.8) is 0 Å². The van der Waals surface area contributed by atoms with E-state index in [1.54, 1.807) is 11.3 Å². The van der Waals surface area contributed by atoms with Gasteiger partial charge in [-0.05, 0) is 83.4 Å². The summed E-state index contributed by atoms with van der Waals surface area (Å²) < 4.78 is 5.83. The second-order valence-corrected chi connectivity index (χ2v) is 16.3. The van der Waals surface area contributed by atoms with Gasteiger partial charge in [-0.15, -0.1) is 11.3 Å². The van der Waals surface area contributed by atoms with Crippen molar-refractivity contribution in [2.24, 2.45) is 0 Å². The molecule has 0 bridgehead atoms. The maximum atomic E-state index is 5.46. The van der Waals surface area contributed by atoms with E-state index in [0.717, 1.165) is 65.6 Å². The second-order valence-electron chi connectivity index (χ2n) is 15.3. The van der Waals surface area contributed by atoms with E-state index in [1.807, 2.05) is 30.5 Å². The number of fused-ring (bicyclic) bond motifs is 12. The van der Waals surface area contributed by atoms with Gasteiger partial charge in [0.2, 0.25) is 5.95 Å². The monoisotopic (exact) mass is 785 g/mol. The first-order valence-electron chi connectivity index (χ1n) is 20.1. The van der Waals surface area contributed by atoms with E-state index in [0.29, 0.717) is 5.95 Å². The molecule has 5 heterocycles. The van der Waals surface area contributed by atoms with Crippen LogP contribution in [0.15, 0.2) is 183 Å². The topological polar surface area (TPSA) is 48.5 Å². The van der Waals surface area contributed by atoms with Crippen molar-refractivity contribution in [3.05, 3.63) is 194 Å². The lowest BCUT2D eigenvalue weighted by molar-refractivity contribution is 1.02. The Kier molecular flexibility index (Phi) is 7.71. The SMILES string of the molecule is C=C/C=C\c1c(C)n(-c2ccccc2)c2ccc(-c3ccc4c(c3)c3c5ccccc5c5c6cccnc6sc5c3n4-c3nc(-c4ccccc4)c4ccccc4n3)cc12.